The molecule has 9 nitrogen and oxygen atoms in total. The van der Waals surface area contributed by atoms with Gasteiger partial charge in [-0.15, -0.1) is 0 Å². The minimum Gasteiger partial charge on any atom is -0.505 e. The summed E-state index contributed by atoms with van der Waals surface area (Å²) in [5.74, 6) is -4.91. The third-order valence-corrected chi connectivity index (χ3v) is 7.79. The molecule has 0 bridgehead atoms. The summed E-state index contributed by atoms with van der Waals surface area (Å²) in [7, 11) is 1.08. The highest BCUT2D eigenvalue weighted by atomic mass is 19.1. The maximum absolute atomic E-state index is 13.8. The zero-order valence-electron chi connectivity index (χ0n) is 23.0. The zero-order valence-corrected chi connectivity index (χ0v) is 23.0. The Morgan fingerprint density at radius 1 is 1.17 bits per heavy atom. The van der Waals surface area contributed by atoms with Crippen molar-refractivity contribution in [3.05, 3.63) is 76.6 Å². The van der Waals surface area contributed by atoms with E-state index in [1.165, 1.54) is 12.1 Å². The summed E-state index contributed by atoms with van der Waals surface area (Å²) in [6.45, 7) is 1.41. The minimum absolute atomic E-state index is 0.0130. The number of imide groups is 3. The normalized spacial score (nSPS) is 21.6. The number of likely N-dealkylation sites (tertiary alicyclic amines) is 1. The molecule has 3 amide bonds. The van der Waals surface area contributed by atoms with Gasteiger partial charge in [0.25, 0.3) is 0 Å². The highest BCUT2D eigenvalue weighted by molar-refractivity contribution is 6.16. The van der Waals surface area contributed by atoms with E-state index in [4.69, 9.17) is 4.74 Å². The number of allylic oxidation sites excluding steroid dienone is 1. The largest absolute Gasteiger partial charge is 0.505 e. The third kappa shape index (κ3) is 6.34. The van der Waals surface area contributed by atoms with Crippen LogP contribution in [0, 0.1) is 23.6 Å². The van der Waals surface area contributed by atoms with Crippen molar-refractivity contribution >= 4 is 24.0 Å². The van der Waals surface area contributed by atoms with Crippen LogP contribution in [0.3, 0.4) is 0 Å². The summed E-state index contributed by atoms with van der Waals surface area (Å²) in [6.07, 6.45) is 0.944. The van der Waals surface area contributed by atoms with Crippen LogP contribution in [-0.4, -0.2) is 64.6 Å². The van der Waals surface area contributed by atoms with Crippen molar-refractivity contribution in [2.24, 2.45) is 17.8 Å². The van der Waals surface area contributed by atoms with Gasteiger partial charge in [0.2, 0.25) is 11.8 Å². The number of benzene rings is 2. The highest BCUT2D eigenvalue weighted by Gasteiger charge is 2.57. The SMILES string of the molecule is CC/C(=C\c1ccc(O)c(F)c1)CC[C@@H](O)C1=C(COc2ccccc2)C[C@H]2C(=O)N(C(=O)OC)C(=O)[C@H]2[C@H]1CO. The number of phenolic OH excluding ortho intramolecular Hbond substituents is 1. The van der Waals surface area contributed by atoms with Crippen molar-refractivity contribution < 1.29 is 43.6 Å². The van der Waals surface area contributed by atoms with Crippen molar-refractivity contribution in [2.75, 3.05) is 20.3 Å². The molecule has 3 N–H and O–H groups in total. The lowest BCUT2D eigenvalue weighted by Crippen LogP contribution is -2.40. The fourth-order valence-corrected chi connectivity index (χ4v) is 5.73. The number of halogens is 1. The molecular weight excluding hydrogens is 533 g/mol. The molecule has 2 aliphatic rings. The van der Waals surface area contributed by atoms with Crippen LogP contribution in [0.5, 0.6) is 11.5 Å². The Kier molecular flexibility index (Phi) is 9.57. The highest BCUT2D eigenvalue weighted by Crippen LogP contribution is 2.46. The van der Waals surface area contributed by atoms with Crippen molar-refractivity contribution in [3.8, 4) is 11.5 Å². The van der Waals surface area contributed by atoms with E-state index in [-0.39, 0.29) is 19.4 Å². The number of aliphatic hydroxyl groups is 2. The number of carbonyl (C=O) groups excluding carboxylic acids is 3. The number of aromatic hydroxyl groups is 1. The summed E-state index contributed by atoms with van der Waals surface area (Å²) in [4.78, 5) is 39.1. The molecule has 1 saturated heterocycles. The number of hydrogen-bond donors (Lipinski definition) is 3. The molecule has 0 aromatic heterocycles. The molecule has 41 heavy (non-hydrogen) atoms. The number of fused-ring (bicyclic) bond motifs is 1. The van der Waals surface area contributed by atoms with Gasteiger partial charge < -0.3 is 24.8 Å². The lowest BCUT2D eigenvalue weighted by atomic mass is 9.68. The number of rotatable bonds is 10. The van der Waals surface area contributed by atoms with Crippen LogP contribution < -0.4 is 4.74 Å². The van der Waals surface area contributed by atoms with Crippen molar-refractivity contribution in [1.82, 2.24) is 4.90 Å². The number of ether oxygens (including phenoxy) is 2. The number of hydrogen-bond acceptors (Lipinski definition) is 8. The van der Waals surface area contributed by atoms with E-state index in [9.17, 15) is 34.1 Å². The van der Waals surface area contributed by atoms with Crippen LogP contribution >= 0.6 is 0 Å². The van der Waals surface area contributed by atoms with Crippen molar-refractivity contribution in [2.45, 2.75) is 38.7 Å². The minimum atomic E-state index is -1.09. The van der Waals surface area contributed by atoms with E-state index >= 15 is 0 Å². The quantitative estimate of drug-likeness (QED) is 0.287. The van der Waals surface area contributed by atoms with E-state index in [1.54, 1.807) is 36.4 Å². The Bertz CT molecular complexity index is 1360. The first kappa shape index (κ1) is 30.0. The van der Waals surface area contributed by atoms with Gasteiger partial charge in [-0.05, 0) is 66.7 Å². The molecule has 1 fully saturated rings. The molecule has 4 atom stereocenters. The van der Waals surface area contributed by atoms with E-state index in [2.05, 4.69) is 4.74 Å². The second kappa shape index (κ2) is 13.1. The zero-order chi connectivity index (χ0) is 29.7. The van der Waals surface area contributed by atoms with Crippen LogP contribution in [0.25, 0.3) is 6.08 Å². The number of para-hydroxylation sites is 1. The van der Waals surface area contributed by atoms with Crippen LogP contribution in [-0.2, 0) is 14.3 Å². The lowest BCUT2D eigenvalue weighted by molar-refractivity contribution is -0.137. The first-order valence-electron chi connectivity index (χ1n) is 13.5. The summed E-state index contributed by atoms with van der Waals surface area (Å²) >= 11 is 0. The average molecular weight is 568 g/mol. The summed E-state index contributed by atoms with van der Waals surface area (Å²) in [5, 5.41) is 31.4. The Labute approximate surface area is 237 Å². The van der Waals surface area contributed by atoms with Gasteiger partial charge in [0.15, 0.2) is 11.6 Å². The van der Waals surface area contributed by atoms with Crippen LogP contribution in [0.15, 0.2) is 65.3 Å². The summed E-state index contributed by atoms with van der Waals surface area (Å²) < 4.78 is 24.4. The Hall–Kier alpha value is -4.02. The van der Waals surface area contributed by atoms with Crippen molar-refractivity contribution in [3.63, 3.8) is 0 Å². The molecule has 0 unspecified atom stereocenters. The summed E-state index contributed by atoms with van der Waals surface area (Å²) in [6, 6.07) is 13.1. The molecule has 2 aromatic carbocycles. The molecule has 0 radical (unpaired) electrons. The van der Waals surface area contributed by atoms with Gasteiger partial charge in [-0.25, -0.2) is 9.18 Å². The number of amides is 3. The molecule has 4 rings (SSSR count). The number of phenols is 1. The Morgan fingerprint density at radius 3 is 2.54 bits per heavy atom. The second-order valence-electron chi connectivity index (χ2n) is 10.2. The molecule has 1 heterocycles. The molecule has 0 saturated carbocycles. The Balaban J connectivity index is 1.64. The van der Waals surface area contributed by atoms with Gasteiger partial charge in [-0.2, -0.15) is 4.90 Å². The van der Waals surface area contributed by atoms with Crippen LogP contribution in [0.2, 0.25) is 0 Å². The van der Waals surface area contributed by atoms with Gasteiger partial charge in [-0.1, -0.05) is 42.8 Å². The van der Waals surface area contributed by atoms with Gasteiger partial charge in [0.05, 0.1) is 31.7 Å². The molecular formula is C31H34FNO8. The molecule has 1 aliphatic carbocycles. The monoisotopic (exact) mass is 567 g/mol. The van der Waals surface area contributed by atoms with E-state index in [1.807, 2.05) is 13.0 Å². The predicted molar refractivity (Wildman–Crippen MR) is 147 cm³/mol. The van der Waals surface area contributed by atoms with Crippen LogP contribution in [0.4, 0.5) is 9.18 Å². The Morgan fingerprint density at radius 2 is 1.90 bits per heavy atom. The number of aliphatic hydroxyl groups excluding tert-OH is 2. The first-order chi connectivity index (χ1) is 19.7. The van der Waals surface area contributed by atoms with Gasteiger partial charge >= 0.3 is 6.09 Å². The van der Waals surface area contributed by atoms with Crippen LogP contribution in [0.1, 0.15) is 38.2 Å². The molecule has 10 heteroatoms. The lowest BCUT2D eigenvalue weighted by Gasteiger charge is -2.36. The molecule has 218 valence electrons. The van der Waals surface area contributed by atoms with Gasteiger partial charge in [-0.3, -0.25) is 9.59 Å². The smallest absolute Gasteiger partial charge is 0.423 e. The second-order valence-corrected chi connectivity index (χ2v) is 10.2. The fraction of sp³-hybridized carbons (Fsp3) is 0.387. The molecule has 0 spiro atoms. The average Bonchev–Trinajstić information content (AvgIpc) is 3.23. The summed E-state index contributed by atoms with van der Waals surface area (Å²) in [5.41, 5.74) is 2.48. The maximum atomic E-state index is 13.8. The predicted octanol–water partition coefficient (Wildman–Crippen LogP) is 4.22. The number of methoxy groups -OCH3 is 1. The topological polar surface area (TPSA) is 134 Å². The first-order valence-corrected chi connectivity index (χ1v) is 13.5. The third-order valence-electron chi connectivity index (χ3n) is 7.79. The molecule has 2 aromatic rings. The fourth-order valence-electron chi connectivity index (χ4n) is 5.73. The maximum Gasteiger partial charge on any atom is 0.423 e. The number of nitrogens with zero attached hydrogens (tertiary/aromatic N) is 1. The van der Waals surface area contributed by atoms with E-state index in [0.29, 0.717) is 40.2 Å². The van der Waals surface area contributed by atoms with Gasteiger partial charge in [0, 0.05) is 5.92 Å². The van der Waals surface area contributed by atoms with Crippen molar-refractivity contribution in [1.29, 1.82) is 0 Å². The number of carbonyl (C=O) groups is 3. The van der Waals surface area contributed by atoms with E-state index < -0.39 is 59.9 Å². The van der Waals surface area contributed by atoms with E-state index in [0.717, 1.165) is 12.7 Å². The molecule has 1 aliphatic heterocycles. The standard InChI is InChI=1S/C31H34FNO8/c1-3-18(13-19-10-11-25(35)24(32)14-19)9-12-26(36)27-20(17-41-21-7-5-4-6-8-21)15-22-28(23(27)16-34)30(38)33(29(22)37)31(39)40-2/h4-8,10-11,13-14,22-23,26,28,34-36H,3,9,12,15-17H2,1-2H3/b18-13+/t22-,23+,26-,28-/m1/s1. The van der Waals surface area contributed by atoms with Gasteiger partial charge in [0.1, 0.15) is 12.4 Å².